The maximum atomic E-state index is 9.98. The van der Waals surface area contributed by atoms with E-state index < -0.39 is 11.6 Å². The van der Waals surface area contributed by atoms with Crippen molar-refractivity contribution in [2.75, 3.05) is 39.6 Å². The highest BCUT2D eigenvalue weighted by Crippen LogP contribution is 2.51. The van der Waals surface area contributed by atoms with Gasteiger partial charge in [-0.15, -0.1) is 0 Å². The quantitative estimate of drug-likeness (QED) is 0.742. The molecule has 0 bridgehead atoms. The molecule has 3 fully saturated rings. The van der Waals surface area contributed by atoms with Gasteiger partial charge in [0.05, 0.1) is 39.6 Å². The van der Waals surface area contributed by atoms with Gasteiger partial charge in [-0.1, -0.05) is 41.5 Å². The van der Waals surface area contributed by atoms with Crippen LogP contribution in [0.5, 0.6) is 0 Å². The van der Waals surface area contributed by atoms with Crippen LogP contribution in [0, 0.1) is 21.7 Å². The molecule has 0 aromatic carbocycles. The van der Waals surface area contributed by atoms with Crippen LogP contribution in [0.15, 0.2) is 0 Å². The van der Waals surface area contributed by atoms with Crippen molar-refractivity contribution >= 4 is 0 Å². The molecule has 0 aromatic rings. The zero-order valence-electron chi connectivity index (χ0n) is 18.6. The predicted octanol–water partition coefficient (Wildman–Crippen LogP) is 3.10. The van der Waals surface area contributed by atoms with E-state index in [-0.39, 0.29) is 34.9 Å². The Bertz CT molecular complexity index is 480. The van der Waals surface area contributed by atoms with Gasteiger partial charge in [0.1, 0.15) is 0 Å². The van der Waals surface area contributed by atoms with Crippen molar-refractivity contribution in [2.24, 2.45) is 21.7 Å². The van der Waals surface area contributed by atoms with E-state index in [1.165, 1.54) is 0 Å². The van der Waals surface area contributed by atoms with Crippen molar-refractivity contribution in [1.82, 2.24) is 0 Å². The van der Waals surface area contributed by atoms with Crippen molar-refractivity contribution in [3.63, 3.8) is 0 Å². The van der Waals surface area contributed by atoms with Crippen LogP contribution in [0.1, 0.15) is 67.2 Å². The molecule has 2 saturated heterocycles. The van der Waals surface area contributed by atoms with E-state index >= 15 is 0 Å². The van der Waals surface area contributed by atoms with Crippen LogP contribution in [0.2, 0.25) is 0 Å². The molecule has 0 amide bonds. The van der Waals surface area contributed by atoms with Crippen LogP contribution in [-0.2, 0) is 18.9 Å². The summed E-state index contributed by atoms with van der Waals surface area (Å²) in [6, 6.07) is 0. The molecular weight excluding hydrogens is 360 g/mol. The number of hydrogen-bond acceptors (Lipinski definition) is 6. The normalized spacial score (nSPS) is 42.9. The lowest BCUT2D eigenvalue weighted by atomic mass is 9.67. The summed E-state index contributed by atoms with van der Waals surface area (Å²) in [5, 5.41) is 20.0. The molecule has 164 valence electrons. The molecule has 6 nitrogen and oxygen atoms in total. The first-order valence-electron chi connectivity index (χ1n) is 10.6. The number of hydrogen-bond donors (Lipinski definition) is 2. The van der Waals surface area contributed by atoms with Crippen LogP contribution < -0.4 is 0 Å². The Labute approximate surface area is 169 Å². The number of aliphatic hydroxyl groups excluding tert-OH is 2. The van der Waals surface area contributed by atoms with E-state index in [0.29, 0.717) is 52.1 Å². The van der Waals surface area contributed by atoms with Gasteiger partial charge in [-0.2, -0.15) is 0 Å². The molecule has 2 aliphatic heterocycles. The topological polar surface area (TPSA) is 77.4 Å². The fourth-order valence-corrected chi connectivity index (χ4v) is 4.36. The van der Waals surface area contributed by atoms with Crippen molar-refractivity contribution in [2.45, 2.75) is 78.8 Å². The van der Waals surface area contributed by atoms with E-state index in [1.807, 2.05) is 0 Å². The molecule has 1 aliphatic carbocycles. The number of aliphatic hydroxyl groups is 2. The van der Waals surface area contributed by atoms with E-state index in [4.69, 9.17) is 18.9 Å². The molecule has 2 spiro atoms. The van der Waals surface area contributed by atoms with Gasteiger partial charge in [-0.05, 0) is 10.8 Å². The van der Waals surface area contributed by atoms with E-state index in [1.54, 1.807) is 0 Å². The predicted molar refractivity (Wildman–Crippen MR) is 106 cm³/mol. The summed E-state index contributed by atoms with van der Waals surface area (Å²) in [6.07, 6.45) is 2.83. The molecule has 2 N–H and O–H groups in total. The Morgan fingerprint density at radius 1 is 0.571 bits per heavy atom. The Hall–Kier alpha value is -0.240. The molecule has 2 heterocycles. The summed E-state index contributed by atoms with van der Waals surface area (Å²) in [6.45, 7) is 14.8. The minimum atomic E-state index is -0.600. The molecule has 3 rings (SSSR count). The SMILES string of the molecule is CC(C)(C)C1(CO)COC2(CCC3(CC2)OCC(CO)(C(C)(C)C)CO3)OC1. The minimum Gasteiger partial charge on any atom is -0.396 e. The van der Waals surface area contributed by atoms with Gasteiger partial charge >= 0.3 is 0 Å². The standard InChI is InChI=1S/C22H40O6/c1-17(2,3)19(11-23)13-25-21(26-14-19)7-9-22(10-8-21)27-15-20(12-24,16-28-22)18(4,5)6/h23-24H,7-16H2,1-6H3. The summed E-state index contributed by atoms with van der Waals surface area (Å²) in [4.78, 5) is 0. The van der Waals surface area contributed by atoms with Crippen LogP contribution in [0.4, 0.5) is 0 Å². The number of ether oxygens (including phenoxy) is 4. The Balaban J connectivity index is 1.60. The van der Waals surface area contributed by atoms with Crippen molar-refractivity contribution < 1.29 is 29.2 Å². The van der Waals surface area contributed by atoms with E-state index in [2.05, 4.69) is 41.5 Å². The van der Waals surface area contributed by atoms with Crippen LogP contribution in [0.25, 0.3) is 0 Å². The van der Waals surface area contributed by atoms with Gasteiger partial charge in [0, 0.05) is 36.5 Å². The molecule has 0 aromatic heterocycles. The van der Waals surface area contributed by atoms with Crippen LogP contribution >= 0.6 is 0 Å². The van der Waals surface area contributed by atoms with E-state index in [9.17, 15) is 10.2 Å². The highest BCUT2D eigenvalue weighted by atomic mass is 16.7. The van der Waals surface area contributed by atoms with Crippen LogP contribution in [-0.4, -0.2) is 61.4 Å². The largest absolute Gasteiger partial charge is 0.396 e. The number of rotatable bonds is 2. The highest BCUT2D eigenvalue weighted by molar-refractivity contribution is 4.99. The van der Waals surface area contributed by atoms with Crippen molar-refractivity contribution in [1.29, 1.82) is 0 Å². The molecule has 0 unspecified atom stereocenters. The summed E-state index contributed by atoms with van der Waals surface area (Å²) in [7, 11) is 0. The minimum absolute atomic E-state index is 0.0544. The average Bonchev–Trinajstić information content (AvgIpc) is 2.64. The third-order valence-corrected chi connectivity index (χ3v) is 8.01. The smallest absolute Gasteiger partial charge is 0.168 e. The second kappa shape index (κ2) is 7.17. The Kier molecular flexibility index (Phi) is 5.75. The molecule has 3 aliphatic rings. The molecule has 28 heavy (non-hydrogen) atoms. The van der Waals surface area contributed by atoms with Gasteiger partial charge < -0.3 is 29.2 Å². The fourth-order valence-electron chi connectivity index (χ4n) is 4.36. The molecule has 0 atom stereocenters. The first-order chi connectivity index (χ1) is 12.9. The zero-order valence-corrected chi connectivity index (χ0v) is 18.6. The first kappa shape index (κ1) is 22.4. The monoisotopic (exact) mass is 400 g/mol. The van der Waals surface area contributed by atoms with Crippen LogP contribution in [0.3, 0.4) is 0 Å². The highest BCUT2D eigenvalue weighted by Gasteiger charge is 2.56. The fraction of sp³-hybridized carbons (Fsp3) is 1.00. The van der Waals surface area contributed by atoms with Crippen molar-refractivity contribution in [3.8, 4) is 0 Å². The average molecular weight is 401 g/mol. The third kappa shape index (κ3) is 3.65. The summed E-state index contributed by atoms with van der Waals surface area (Å²) in [5.41, 5.74) is -0.956. The Morgan fingerprint density at radius 3 is 1.00 bits per heavy atom. The summed E-state index contributed by atoms with van der Waals surface area (Å²) < 4.78 is 25.0. The molecule has 6 heteroatoms. The van der Waals surface area contributed by atoms with Gasteiger partial charge in [0.15, 0.2) is 11.6 Å². The Morgan fingerprint density at radius 2 is 0.821 bits per heavy atom. The molecular formula is C22H40O6. The second-order valence-corrected chi connectivity index (χ2v) is 11.4. The lowest BCUT2D eigenvalue weighted by Gasteiger charge is -2.56. The molecule has 0 radical (unpaired) electrons. The summed E-state index contributed by atoms with van der Waals surface area (Å²) in [5.74, 6) is -1.20. The maximum Gasteiger partial charge on any atom is 0.168 e. The van der Waals surface area contributed by atoms with Gasteiger partial charge in [0.2, 0.25) is 0 Å². The first-order valence-corrected chi connectivity index (χ1v) is 10.6. The van der Waals surface area contributed by atoms with E-state index in [0.717, 1.165) is 0 Å². The lowest BCUT2D eigenvalue weighted by Crippen LogP contribution is -2.61. The zero-order chi connectivity index (χ0) is 20.9. The van der Waals surface area contributed by atoms with Gasteiger partial charge in [-0.3, -0.25) is 0 Å². The molecule has 1 saturated carbocycles. The van der Waals surface area contributed by atoms with Gasteiger partial charge in [0.25, 0.3) is 0 Å². The second-order valence-electron chi connectivity index (χ2n) is 11.4. The third-order valence-electron chi connectivity index (χ3n) is 8.01. The summed E-state index contributed by atoms with van der Waals surface area (Å²) >= 11 is 0. The maximum absolute atomic E-state index is 9.98. The van der Waals surface area contributed by atoms with Crippen molar-refractivity contribution in [3.05, 3.63) is 0 Å². The lowest BCUT2D eigenvalue weighted by molar-refractivity contribution is -0.380. The van der Waals surface area contributed by atoms with Gasteiger partial charge in [-0.25, -0.2) is 0 Å².